The van der Waals surface area contributed by atoms with Crippen LogP contribution in [-0.4, -0.2) is 46.1 Å². The van der Waals surface area contributed by atoms with Gasteiger partial charge in [0.05, 0.1) is 0 Å². The maximum absolute atomic E-state index is 14.0. The maximum Gasteiger partial charge on any atom is 0.408 e. The average molecular weight is 512 g/mol. The Bertz CT molecular complexity index is 1020. The van der Waals surface area contributed by atoms with Crippen molar-refractivity contribution in [2.45, 2.75) is 78.6 Å². The summed E-state index contributed by atoms with van der Waals surface area (Å²) >= 11 is 0. The van der Waals surface area contributed by atoms with Crippen LogP contribution in [0.25, 0.3) is 0 Å². The molecular weight excluding hydrogens is 470 g/mol. The van der Waals surface area contributed by atoms with Crippen LogP contribution in [0.2, 0.25) is 0 Å². The van der Waals surface area contributed by atoms with Gasteiger partial charge in [0.2, 0.25) is 11.8 Å². The number of hydrogen-bond acceptors (Lipinski definition) is 5. The molecule has 3 amide bonds. The second kappa shape index (κ2) is 13.7. The number of nitrogens with one attached hydrogen (secondary N) is 2. The van der Waals surface area contributed by atoms with E-state index < -0.39 is 23.8 Å². The predicted octanol–water partition coefficient (Wildman–Crippen LogP) is 4.93. The van der Waals surface area contributed by atoms with Gasteiger partial charge in [0.1, 0.15) is 23.4 Å². The fourth-order valence-electron chi connectivity index (χ4n) is 3.96. The number of amides is 3. The molecule has 0 aliphatic heterocycles. The molecule has 0 fully saturated rings. The summed E-state index contributed by atoms with van der Waals surface area (Å²) in [5, 5.41) is 15.5. The molecule has 8 nitrogen and oxygen atoms in total. The summed E-state index contributed by atoms with van der Waals surface area (Å²) in [6, 6.07) is 13.9. The third-order valence-electron chi connectivity index (χ3n) is 5.52. The minimum absolute atomic E-state index is 0.0600. The van der Waals surface area contributed by atoms with Crippen LogP contribution in [-0.2, 0) is 20.9 Å². The lowest BCUT2D eigenvalue weighted by Crippen LogP contribution is -2.53. The van der Waals surface area contributed by atoms with E-state index >= 15 is 0 Å². The number of alkyl carbamates (subject to hydrolysis) is 1. The molecule has 0 spiro atoms. The summed E-state index contributed by atoms with van der Waals surface area (Å²) in [6.07, 6.45) is 0.303. The number of phenolic OH excluding ortho intramolecular Hbond substituents is 1. The molecule has 0 heterocycles. The number of phenols is 1. The summed E-state index contributed by atoms with van der Waals surface area (Å²) in [7, 11) is 0. The minimum atomic E-state index is -0.952. The summed E-state index contributed by atoms with van der Waals surface area (Å²) in [6.45, 7) is 11.7. The van der Waals surface area contributed by atoms with Crippen LogP contribution < -0.4 is 10.6 Å². The zero-order valence-corrected chi connectivity index (χ0v) is 22.8. The number of hydrogen-bond donors (Lipinski definition) is 3. The Morgan fingerprint density at radius 1 is 1.00 bits per heavy atom. The average Bonchev–Trinajstić information content (AvgIpc) is 2.82. The Balaban J connectivity index is 2.41. The lowest BCUT2D eigenvalue weighted by Gasteiger charge is -2.35. The highest BCUT2D eigenvalue weighted by Gasteiger charge is 2.36. The molecule has 2 aromatic carbocycles. The Kier molecular flexibility index (Phi) is 11.0. The van der Waals surface area contributed by atoms with E-state index in [1.54, 1.807) is 32.9 Å². The van der Waals surface area contributed by atoms with Gasteiger partial charge in [0, 0.05) is 13.1 Å². The Morgan fingerprint density at radius 3 is 2.16 bits per heavy atom. The first-order valence-corrected chi connectivity index (χ1v) is 12.8. The van der Waals surface area contributed by atoms with E-state index in [-0.39, 0.29) is 23.5 Å². The monoisotopic (exact) mass is 511 g/mol. The highest BCUT2D eigenvalue weighted by molar-refractivity contribution is 5.92. The van der Waals surface area contributed by atoms with Crippen molar-refractivity contribution in [1.29, 1.82) is 0 Å². The zero-order valence-electron chi connectivity index (χ0n) is 22.8. The molecule has 2 unspecified atom stereocenters. The molecule has 0 bridgehead atoms. The van der Waals surface area contributed by atoms with E-state index in [0.29, 0.717) is 31.5 Å². The van der Waals surface area contributed by atoms with Crippen LogP contribution in [0.1, 0.15) is 71.6 Å². The van der Waals surface area contributed by atoms with Crippen LogP contribution in [0.4, 0.5) is 4.79 Å². The molecule has 0 aromatic heterocycles. The molecule has 0 saturated carbocycles. The molecular formula is C29H41N3O5. The molecule has 202 valence electrons. The third-order valence-corrected chi connectivity index (χ3v) is 5.52. The first-order valence-electron chi connectivity index (χ1n) is 12.8. The standard InChI is InChI=1S/C29H41N3O5/c1-7-17-32(27(35)24(18-20(2)3)31-28(36)37-29(4,5)6)25(22-13-15-23(33)16-14-22)26(34)30-19-21-11-9-8-10-12-21/h8-16,20,24-25,33H,7,17-19H2,1-6H3,(H,30,34)(H,31,36). The number of ether oxygens (including phenoxy) is 1. The van der Waals surface area contributed by atoms with Crippen LogP contribution in [0.15, 0.2) is 54.6 Å². The SMILES string of the molecule is CCCN(C(=O)C(CC(C)C)NC(=O)OC(C)(C)C)C(C(=O)NCc1ccccc1)c1ccc(O)cc1. The third kappa shape index (κ3) is 9.79. The molecule has 2 aromatic rings. The number of benzene rings is 2. The van der Waals surface area contributed by atoms with Crippen molar-refractivity contribution in [3.63, 3.8) is 0 Å². The van der Waals surface area contributed by atoms with Crippen molar-refractivity contribution in [3.8, 4) is 5.75 Å². The topological polar surface area (TPSA) is 108 Å². The molecule has 0 aliphatic carbocycles. The van der Waals surface area contributed by atoms with E-state index in [9.17, 15) is 19.5 Å². The quantitative estimate of drug-likeness (QED) is 0.397. The van der Waals surface area contributed by atoms with E-state index in [4.69, 9.17) is 4.74 Å². The molecule has 0 radical (unpaired) electrons. The number of carbonyl (C=O) groups is 3. The minimum Gasteiger partial charge on any atom is -0.508 e. The van der Waals surface area contributed by atoms with Crippen LogP contribution >= 0.6 is 0 Å². The lowest BCUT2D eigenvalue weighted by atomic mass is 9.99. The fourth-order valence-corrected chi connectivity index (χ4v) is 3.96. The first-order chi connectivity index (χ1) is 17.4. The molecule has 3 N–H and O–H groups in total. The van der Waals surface area contributed by atoms with Crippen molar-refractivity contribution in [2.75, 3.05) is 6.54 Å². The van der Waals surface area contributed by atoms with Gasteiger partial charge in [-0.05, 0) is 62.8 Å². The van der Waals surface area contributed by atoms with Gasteiger partial charge in [-0.25, -0.2) is 4.79 Å². The van der Waals surface area contributed by atoms with Gasteiger partial charge in [-0.3, -0.25) is 9.59 Å². The normalized spacial score (nSPS) is 12.9. The molecule has 0 saturated heterocycles. The van der Waals surface area contributed by atoms with Crippen molar-refractivity contribution < 1.29 is 24.2 Å². The summed E-state index contributed by atoms with van der Waals surface area (Å²) in [5.41, 5.74) is 0.772. The van der Waals surface area contributed by atoms with Crippen molar-refractivity contribution in [3.05, 3.63) is 65.7 Å². The van der Waals surface area contributed by atoms with E-state index in [2.05, 4.69) is 10.6 Å². The van der Waals surface area contributed by atoms with Gasteiger partial charge >= 0.3 is 6.09 Å². The Morgan fingerprint density at radius 2 is 1.62 bits per heavy atom. The van der Waals surface area contributed by atoms with Gasteiger partial charge in [-0.1, -0.05) is 63.2 Å². The van der Waals surface area contributed by atoms with Crippen LogP contribution in [0, 0.1) is 5.92 Å². The highest BCUT2D eigenvalue weighted by Crippen LogP contribution is 2.26. The fraction of sp³-hybridized carbons (Fsp3) is 0.483. The van der Waals surface area contributed by atoms with Crippen molar-refractivity contribution in [1.82, 2.24) is 15.5 Å². The zero-order chi connectivity index (χ0) is 27.6. The highest BCUT2D eigenvalue weighted by atomic mass is 16.6. The number of carbonyl (C=O) groups excluding carboxylic acids is 3. The molecule has 2 atom stereocenters. The number of nitrogens with zero attached hydrogens (tertiary/aromatic N) is 1. The van der Waals surface area contributed by atoms with E-state index in [0.717, 1.165) is 5.56 Å². The molecule has 8 heteroatoms. The first kappa shape index (κ1) is 29.7. The summed E-state index contributed by atoms with van der Waals surface area (Å²) in [5.74, 6) is -0.553. The van der Waals surface area contributed by atoms with Crippen molar-refractivity contribution >= 4 is 17.9 Å². The van der Waals surface area contributed by atoms with Crippen LogP contribution in [0.3, 0.4) is 0 Å². The van der Waals surface area contributed by atoms with Gasteiger partial charge in [0.15, 0.2) is 0 Å². The summed E-state index contributed by atoms with van der Waals surface area (Å²) in [4.78, 5) is 41.7. The van der Waals surface area contributed by atoms with Crippen LogP contribution in [0.5, 0.6) is 5.75 Å². The Hall–Kier alpha value is -3.55. The molecule has 0 aliphatic rings. The largest absolute Gasteiger partial charge is 0.508 e. The second-order valence-corrected chi connectivity index (χ2v) is 10.6. The molecule has 37 heavy (non-hydrogen) atoms. The van der Waals surface area contributed by atoms with Gasteiger partial charge < -0.3 is 25.4 Å². The molecule has 2 rings (SSSR count). The summed E-state index contributed by atoms with van der Waals surface area (Å²) < 4.78 is 5.41. The predicted molar refractivity (Wildman–Crippen MR) is 144 cm³/mol. The lowest BCUT2D eigenvalue weighted by molar-refractivity contribution is -0.142. The second-order valence-electron chi connectivity index (χ2n) is 10.6. The van der Waals surface area contributed by atoms with Gasteiger partial charge in [-0.15, -0.1) is 0 Å². The maximum atomic E-state index is 14.0. The van der Waals surface area contributed by atoms with Gasteiger partial charge in [0.25, 0.3) is 0 Å². The van der Waals surface area contributed by atoms with E-state index in [1.807, 2.05) is 51.1 Å². The van der Waals surface area contributed by atoms with E-state index in [1.165, 1.54) is 17.0 Å². The Labute approximate surface area is 220 Å². The number of rotatable bonds is 11. The van der Waals surface area contributed by atoms with Gasteiger partial charge in [-0.2, -0.15) is 0 Å². The number of aromatic hydroxyl groups is 1. The van der Waals surface area contributed by atoms with Crippen molar-refractivity contribution in [2.24, 2.45) is 5.92 Å². The smallest absolute Gasteiger partial charge is 0.408 e.